The van der Waals surface area contributed by atoms with Gasteiger partial charge in [0.05, 0.1) is 17.9 Å². The minimum atomic E-state index is -0.651. The summed E-state index contributed by atoms with van der Waals surface area (Å²) in [5.41, 5.74) is 2.42. The molecule has 1 aromatic carbocycles. The van der Waals surface area contributed by atoms with E-state index in [2.05, 4.69) is 35.7 Å². The molecule has 13 heteroatoms. The zero-order valence-corrected chi connectivity index (χ0v) is 25.5. The molecule has 4 heterocycles. The first-order valence-corrected chi connectivity index (χ1v) is 14.1. The zero-order chi connectivity index (χ0) is 30.9. The molecule has 13 nitrogen and oxygen atoms in total. The second kappa shape index (κ2) is 11.5. The number of hydrogen-bond donors (Lipinski definition) is 2. The Balaban J connectivity index is 1.45. The SMILES string of the molecule is Cn1cc(Nc2ncnc(-c3ccc4c(c3)CN(C(=O)OC(C)(C)C)CC[C@H]4NC(=O)c3coc(C(C)(C)C)n3)n2)cn1. The largest absolute Gasteiger partial charge is 0.448 e. The molecule has 1 aliphatic rings. The van der Waals surface area contributed by atoms with Gasteiger partial charge in [-0.15, -0.1) is 0 Å². The van der Waals surface area contributed by atoms with Gasteiger partial charge in [0.2, 0.25) is 5.95 Å². The van der Waals surface area contributed by atoms with E-state index < -0.39 is 11.7 Å². The number of amides is 2. The average molecular weight is 588 g/mol. The summed E-state index contributed by atoms with van der Waals surface area (Å²) < 4.78 is 12.9. The van der Waals surface area contributed by atoms with Crippen molar-refractivity contribution in [3.8, 4) is 11.4 Å². The van der Waals surface area contributed by atoms with Crippen LogP contribution >= 0.6 is 0 Å². The number of hydrogen-bond acceptors (Lipinski definition) is 10. The van der Waals surface area contributed by atoms with Crippen molar-refractivity contribution in [1.29, 1.82) is 0 Å². The number of oxazole rings is 1. The van der Waals surface area contributed by atoms with Crippen LogP contribution in [0.2, 0.25) is 0 Å². The summed E-state index contributed by atoms with van der Waals surface area (Å²) in [5.74, 6) is 0.953. The number of fused-ring (bicyclic) bond motifs is 1. The van der Waals surface area contributed by atoms with E-state index in [4.69, 9.17) is 9.15 Å². The fourth-order valence-electron chi connectivity index (χ4n) is 4.64. The highest BCUT2D eigenvalue weighted by atomic mass is 16.6. The molecular weight excluding hydrogens is 550 g/mol. The lowest BCUT2D eigenvalue weighted by atomic mass is 9.96. The van der Waals surface area contributed by atoms with Crippen LogP contribution in [0.15, 0.2) is 47.6 Å². The lowest BCUT2D eigenvalue weighted by Crippen LogP contribution is -2.37. The number of aromatic nitrogens is 6. The standard InChI is InChI=1S/C30H37N9O4/c1-29(2,3)26-36-23(16-42-26)25(40)35-22-10-11-39(28(41)43-30(4,5)6)14-19-12-18(8-9-21(19)22)24-31-17-32-27(37-24)34-20-13-33-38(7)15-20/h8-9,12-13,15-17,22H,10-11,14H2,1-7H3,(H,35,40)(H,31,32,34,37)/t22-/m1/s1. The second-order valence-corrected chi connectivity index (χ2v) is 12.6. The Hall–Kier alpha value is -4.81. The molecule has 1 atom stereocenters. The molecule has 2 N–H and O–H groups in total. The third-order valence-electron chi connectivity index (χ3n) is 6.69. The van der Waals surface area contributed by atoms with E-state index in [0.717, 1.165) is 22.4 Å². The van der Waals surface area contributed by atoms with Gasteiger partial charge in [0.1, 0.15) is 18.2 Å². The maximum absolute atomic E-state index is 13.3. The van der Waals surface area contributed by atoms with E-state index in [0.29, 0.717) is 30.6 Å². The molecule has 2 amide bonds. The quantitative estimate of drug-likeness (QED) is 0.329. The second-order valence-electron chi connectivity index (χ2n) is 12.6. The van der Waals surface area contributed by atoms with Crippen molar-refractivity contribution in [3.63, 3.8) is 0 Å². The van der Waals surface area contributed by atoms with E-state index in [9.17, 15) is 9.59 Å². The first-order chi connectivity index (χ1) is 20.2. The van der Waals surface area contributed by atoms with Crippen LogP contribution in [-0.2, 0) is 23.7 Å². The molecule has 0 unspecified atom stereocenters. The number of ether oxygens (including phenoxy) is 1. The number of anilines is 2. The topological polar surface area (TPSA) is 153 Å². The molecule has 0 fully saturated rings. The van der Waals surface area contributed by atoms with Crippen molar-refractivity contribution in [2.45, 2.75) is 71.6 Å². The van der Waals surface area contributed by atoms with Gasteiger partial charge in [-0.25, -0.2) is 19.7 Å². The monoisotopic (exact) mass is 587 g/mol. The van der Waals surface area contributed by atoms with Crippen molar-refractivity contribution in [1.82, 2.24) is 39.9 Å². The molecule has 0 radical (unpaired) electrons. The van der Waals surface area contributed by atoms with Crippen LogP contribution in [0.3, 0.4) is 0 Å². The van der Waals surface area contributed by atoms with E-state index in [1.807, 2.05) is 73.0 Å². The summed E-state index contributed by atoms with van der Waals surface area (Å²) >= 11 is 0. The van der Waals surface area contributed by atoms with Gasteiger partial charge in [0.25, 0.3) is 5.91 Å². The Morgan fingerprint density at radius 1 is 1.09 bits per heavy atom. The molecule has 0 saturated carbocycles. The molecule has 0 saturated heterocycles. The third kappa shape index (κ3) is 7.16. The fraction of sp³-hybridized carbons (Fsp3) is 0.433. The predicted molar refractivity (Wildman–Crippen MR) is 158 cm³/mol. The molecule has 4 aromatic rings. The van der Waals surface area contributed by atoms with Crippen molar-refractivity contribution < 1.29 is 18.7 Å². The van der Waals surface area contributed by atoms with Gasteiger partial charge >= 0.3 is 6.09 Å². The third-order valence-corrected chi connectivity index (χ3v) is 6.69. The number of carbonyl (C=O) groups excluding carboxylic acids is 2. The van der Waals surface area contributed by atoms with Gasteiger partial charge in [0.15, 0.2) is 17.4 Å². The Labute approximate surface area is 250 Å². The van der Waals surface area contributed by atoms with E-state index >= 15 is 0 Å². The van der Waals surface area contributed by atoms with Crippen molar-refractivity contribution >= 4 is 23.6 Å². The van der Waals surface area contributed by atoms with Gasteiger partial charge in [-0.05, 0) is 44.4 Å². The van der Waals surface area contributed by atoms with E-state index in [1.54, 1.807) is 15.8 Å². The van der Waals surface area contributed by atoms with E-state index in [-0.39, 0.29) is 29.6 Å². The van der Waals surface area contributed by atoms with Gasteiger partial charge in [-0.1, -0.05) is 32.9 Å². The van der Waals surface area contributed by atoms with Crippen molar-refractivity contribution in [2.24, 2.45) is 7.05 Å². The van der Waals surface area contributed by atoms with Gasteiger partial charge in [-0.2, -0.15) is 10.1 Å². The lowest BCUT2D eigenvalue weighted by Gasteiger charge is -2.26. The smallest absolute Gasteiger partial charge is 0.410 e. The normalized spacial score (nSPS) is 15.4. The van der Waals surface area contributed by atoms with Crippen LogP contribution in [0.4, 0.5) is 16.4 Å². The highest BCUT2D eigenvalue weighted by Gasteiger charge is 2.30. The summed E-state index contributed by atoms with van der Waals surface area (Å²) in [6.45, 7) is 12.1. The van der Waals surface area contributed by atoms with Crippen molar-refractivity contribution in [3.05, 3.63) is 65.9 Å². The molecule has 226 valence electrons. The molecular formula is C30H37N9O4. The van der Waals surface area contributed by atoms with Crippen LogP contribution in [-0.4, -0.2) is 58.8 Å². The number of rotatable bonds is 5. The maximum Gasteiger partial charge on any atom is 0.410 e. The minimum Gasteiger partial charge on any atom is -0.448 e. The summed E-state index contributed by atoms with van der Waals surface area (Å²) in [6.07, 6.45) is 6.36. The Kier molecular flexibility index (Phi) is 7.91. The number of benzene rings is 1. The van der Waals surface area contributed by atoms with Crippen LogP contribution in [0, 0.1) is 0 Å². The Bertz CT molecular complexity index is 1630. The van der Waals surface area contributed by atoms with Gasteiger partial charge < -0.3 is 24.7 Å². The zero-order valence-electron chi connectivity index (χ0n) is 25.5. The average Bonchev–Trinajstić information content (AvgIpc) is 3.55. The summed E-state index contributed by atoms with van der Waals surface area (Å²) in [5, 5.41) is 10.4. The van der Waals surface area contributed by atoms with Gasteiger partial charge in [-0.3, -0.25) is 9.48 Å². The van der Waals surface area contributed by atoms with Gasteiger partial charge in [0, 0.05) is 37.3 Å². The summed E-state index contributed by atoms with van der Waals surface area (Å²) in [4.78, 5) is 45.7. The minimum absolute atomic E-state index is 0.204. The molecule has 1 aliphatic heterocycles. The number of carbonyl (C=O) groups is 2. The fourth-order valence-corrected chi connectivity index (χ4v) is 4.64. The van der Waals surface area contributed by atoms with E-state index in [1.165, 1.54) is 12.6 Å². The number of nitrogens with one attached hydrogen (secondary N) is 2. The van der Waals surface area contributed by atoms with Crippen molar-refractivity contribution in [2.75, 3.05) is 11.9 Å². The van der Waals surface area contributed by atoms with Crippen LogP contribution in [0.25, 0.3) is 11.4 Å². The van der Waals surface area contributed by atoms with Crippen LogP contribution in [0.1, 0.15) is 81.5 Å². The highest BCUT2D eigenvalue weighted by Crippen LogP contribution is 2.31. The Morgan fingerprint density at radius 3 is 2.56 bits per heavy atom. The van der Waals surface area contributed by atoms with Crippen LogP contribution < -0.4 is 10.6 Å². The number of nitrogens with zero attached hydrogens (tertiary/aromatic N) is 7. The maximum atomic E-state index is 13.3. The highest BCUT2D eigenvalue weighted by molar-refractivity contribution is 5.92. The molecule has 0 bridgehead atoms. The molecule has 0 spiro atoms. The molecule has 43 heavy (non-hydrogen) atoms. The first-order valence-electron chi connectivity index (χ1n) is 14.1. The number of aryl methyl sites for hydroxylation is 1. The molecule has 5 rings (SSSR count). The summed E-state index contributed by atoms with van der Waals surface area (Å²) in [7, 11) is 1.82. The van der Waals surface area contributed by atoms with Crippen LogP contribution in [0.5, 0.6) is 0 Å². The molecule has 0 aliphatic carbocycles. The lowest BCUT2D eigenvalue weighted by molar-refractivity contribution is 0.0234. The molecule has 3 aromatic heterocycles. The predicted octanol–water partition coefficient (Wildman–Crippen LogP) is 4.91. The summed E-state index contributed by atoms with van der Waals surface area (Å²) in [6, 6.07) is 5.39. The first kappa shape index (κ1) is 29.7. The Morgan fingerprint density at radius 2 is 1.88 bits per heavy atom.